The van der Waals surface area contributed by atoms with E-state index in [1.807, 2.05) is 19.1 Å². The van der Waals surface area contributed by atoms with Gasteiger partial charge in [-0.05, 0) is 25.8 Å². The first kappa shape index (κ1) is 12.8. The van der Waals surface area contributed by atoms with Gasteiger partial charge in [0.15, 0.2) is 0 Å². The van der Waals surface area contributed by atoms with Crippen molar-refractivity contribution in [3.8, 4) is 0 Å². The summed E-state index contributed by atoms with van der Waals surface area (Å²) in [6.07, 6.45) is 2.23. The highest BCUT2D eigenvalue weighted by Gasteiger charge is 2.25. The van der Waals surface area contributed by atoms with Gasteiger partial charge in [-0.2, -0.15) is 0 Å². The number of nitro benzene ring substituents is 1. The Bertz CT molecular complexity index is 420. The summed E-state index contributed by atoms with van der Waals surface area (Å²) < 4.78 is 5.62. The van der Waals surface area contributed by atoms with Gasteiger partial charge in [-0.1, -0.05) is 12.1 Å². The van der Waals surface area contributed by atoms with E-state index in [9.17, 15) is 10.1 Å². The Morgan fingerprint density at radius 2 is 2.28 bits per heavy atom. The van der Waals surface area contributed by atoms with E-state index in [-0.39, 0.29) is 16.7 Å². The van der Waals surface area contributed by atoms with Crippen LogP contribution in [0.15, 0.2) is 24.3 Å². The first-order valence-corrected chi connectivity index (χ1v) is 6.32. The van der Waals surface area contributed by atoms with Crippen molar-refractivity contribution in [2.75, 3.05) is 24.6 Å². The number of nitrogens with zero attached hydrogens (tertiary/aromatic N) is 2. The van der Waals surface area contributed by atoms with Gasteiger partial charge in [0.25, 0.3) is 5.69 Å². The molecule has 98 valence electrons. The average Bonchev–Trinajstić information content (AvgIpc) is 2.39. The Labute approximate surface area is 107 Å². The highest BCUT2D eigenvalue weighted by molar-refractivity contribution is 5.63. The summed E-state index contributed by atoms with van der Waals surface area (Å²) >= 11 is 0. The fourth-order valence-electron chi connectivity index (χ4n) is 2.41. The van der Waals surface area contributed by atoms with Crippen LogP contribution in [-0.4, -0.2) is 30.7 Å². The molecule has 0 N–H and O–H groups in total. The molecule has 0 bridgehead atoms. The van der Waals surface area contributed by atoms with Gasteiger partial charge in [-0.15, -0.1) is 0 Å². The highest BCUT2D eigenvalue weighted by atomic mass is 16.6. The number of nitro groups is 1. The molecule has 0 spiro atoms. The van der Waals surface area contributed by atoms with Crippen molar-refractivity contribution in [1.29, 1.82) is 0 Å². The van der Waals surface area contributed by atoms with Crippen molar-refractivity contribution < 1.29 is 9.66 Å². The van der Waals surface area contributed by atoms with Gasteiger partial charge in [0.1, 0.15) is 5.69 Å². The Morgan fingerprint density at radius 1 is 1.50 bits per heavy atom. The topological polar surface area (TPSA) is 55.6 Å². The number of piperidine rings is 1. The SMILES string of the molecule is CCOC1CCCN(c2ccccc2[N+](=O)[O-])C1. The maximum atomic E-state index is 11.0. The van der Waals surface area contributed by atoms with Crippen molar-refractivity contribution in [3.05, 3.63) is 34.4 Å². The minimum Gasteiger partial charge on any atom is -0.377 e. The summed E-state index contributed by atoms with van der Waals surface area (Å²) in [6.45, 7) is 4.26. The van der Waals surface area contributed by atoms with Gasteiger partial charge in [0.05, 0.1) is 11.0 Å². The molecule has 2 rings (SSSR count). The van der Waals surface area contributed by atoms with Crippen LogP contribution in [0, 0.1) is 10.1 Å². The van der Waals surface area contributed by atoms with Crippen LogP contribution in [0.4, 0.5) is 11.4 Å². The van der Waals surface area contributed by atoms with Crippen LogP contribution in [-0.2, 0) is 4.74 Å². The van der Waals surface area contributed by atoms with Gasteiger partial charge in [0, 0.05) is 25.8 Å². The van der Waals surface area contributed by atoms with Crippen molar-refractivity contribution in [2.24, 2.45) is 0 Å². The monoisotopic (exact) mass is 250 g/mol. The highest BCUT2D eigenvalue weighted by Crippen LogP contribution is 2.30. The number of benzene rings is 1. The zero-order chi connectivity index (χ0) is 13.0. The lowest BCUT2D eigenvalue weighted by Gasteiger charge is -2.33. The van der Waals surface area contributed by atoms with E-state index >= 15 is 0 Å². The first-order chi connectivity index (χ1) is 8.72. The van der Waals surface area contributed by atoms with Crippen LogP contribution in [0.3, 0.4) is 0 Å². The second-order valence-corrected chi connectivity index (χ2v) is 4.41. The third-order valence-corrected chi connectivity index (χ3v) is 3.20. The molecule has 1 unspecified atom stereocenters. The largest absolute Gasteiger partial charge is 0.377 e. The van der Waals surface area contributed by atoms with Crippen LogP contribution >= 0.6 is 0 Å². The number of ether oxygens (including phenoxy) is 1. The zero-order valence-corrected chi connectivity index (χ0v) is 10.5. The number of rotatable bonds is 4. The van der Waals surface area contributed by atoms with Crippen molar-refractivity contribution in [1.82, 2.24) is 0 Å². The third kappa shape index (κ3) is 2.79. The van der Waals surface area contributed by atoms with E-state index in [4.69, 9.17) is 4.74 Å². The quantitative estimate of drug-likeness (QED) is 0.609. The predicted molar refractivity (Wildman–Crippen MR) is 70.0 cm³/mol. The molecule has 5 heteroatoms. The molecule has 1 aromatic carbocycles. The van der Waals surface area contributed by atoms with Gasteiger partial charge >= 0.3 is 0 Å². The molecule has 5 nitrogen and oxygen atoms in total. The van der Waals surface area contributed by atoms with Gasteiger partial charge < -0.3 is 9.64 Å². The molecule has 0 radical (unpaired) electrons. The van der Waals surface area contributed by atoms with E-state index < -0.39 is 0 Å². The molecule has 1 aliphatic rings. The van der Waals surface area contributed by atoms with Crippen LogP contribution in [0.5, 0.6) is 0 Å². The Morgan fingerprint density at radius 3 is 3.00 bits per heavy atom. The summed E-state index contributed by atoms with van der Waals surface area (Å²) in [6, 6.07) is 6.91. The van der Waals surface area contributed by atoms with Gasteiger partial charge in [-0.25, -0.2) is 0 Å². The summed E-state index contributed by atoms with van der Waals surface area (Å²) in [7, 11) is 0. The fraction of sp³-hybridized carbons (Fsp3) is 0.538. The number of hydrogen-bond donors (Lipinski definition) is 0. The molecular formula is C13H18N2O3. The first-order valence-electron chi connectivity index (χ1n) is 6.32. The lowest BCUT2D eigenvalue weighted by atomic mass is 10.1. The minimum atomic E-state index is -0.320. The van der Waals surface area contributed by atoms with Crippen LogP contribution in [0.25, 0.3) is 0 Å². The maximum absolute atomic E-state index is 11.0. The van der Waals surface area contributed by atoms with E-state index in [0.29, 0.717) is 12.3 Å². The summed E-state index contributed by atoms with van der Waals surface area (Å²) in [5.41, 5.74) is 0.876. The number of anilines is 1. The second-order valence-electron chi connectivity index (χ2n) is 4.41. The Balaban J connectivity index is 2.18. The standard InChI is InChI=1S/C13H18N2O3/c1-2-18-11-6-5-9-14(10-11)12-7-3-4-8-13(12)15(16)17/h3-4,7-8,11H,2,5-6,9-10H2,1H3. The van der Waals surface area contributed by atoms with Crippen molar-refractivity contribution >= 4 is 11.4 Å². The molecule has 1 saturated heterocycles. The molecular weight excluding hydrogens is 232 g/mol. The Hall–Kier alpha value is -1.62. The lowest BCUT2D eigenvalue weighted by Crippen LogP contribution is -2.40. The molecule has 0 aliphatic carbocycles. The number of para-hydroxylation sites is 2. The van der Waals surface area contributed by atoms with E-state index in [1.165, 1.54) is 0 Å². The van der Waals surface area contributed by atoms with E-state index in [2.05, 4.69) is 4.90 Å². The third-order valence-electron chi connectivity index (χ3n) is 3.20. The van der Waals surface area contributed by atoms with Gasteiger partial charge in [0.2, 0.25) is 0 Å². The predicted octanol–water partition coefficient (Wildman–Crippen LogP) is 2.60. The van der Waals surface area contributed by atoms with E-state index in [0.717, 1.165) is 25.9 Å². The fourth-order valence-corrected chi connectivity index (χ4v) is 2.41. The van der Waals surface area contributed by atoms with Crippen molar-refractivity contribution in [2.45, 2.75) is 25.9 Å². The van der Waals surface area contributed by atoms with Crippen LogP contribution < -0.4 is 4.90 Å². The molecule has 18 heavy (non-hydrogen) atoms. The van der Waals surface area contributed by atoms with Gasteiger partial charge in [-0.3, -0.25) is 10.1 Å². The second kappa shape index (κ2) is 5.82. The smallest absolute Gasteiger partial charge is 0.292 e. The van der Waals surface area contributed by atoms with E-state index in [1.54, 1.807) is 12.1 Å². The lowest BCUT2D eigenvalue weighted by molar-refractivity contribution is -0.384. The van der Waals surface area contributed by atoms with Crippen molar-refractivity contribution in [3.63, 3.8) is 0 Å². The molecule has 0 aromatic heterocycles. The zero-order valence-electron chi connectivity index (χ0n) is 10.5. The molecule has 1 fully saturated rings. The van der Waals surface area contributed by atoms with Crippen LogP contribution in [0.1, 0.15) is 19.8 Å². The molecule has 1 aliphatic heterocycles. The number of hydrogen-bond acceptors (Lipinski definition) is 4. The summed E-state index contributed by atoms with van der Waals surface area (Å²) in [4.78, 5) is 12.8. The summed E-state index contributed by atoms with van der Waals surface area (Å²) in [5, 5.41) is 11.0. The molecule has 0 amide bonds. The van der Waals surface area contributed by atoms with Crippen LogP contribution in [0.2, 0.25) is 0 Å². The minimum absolute atomic E-state index is 0.176. The molecule has 1 heterocycles. The molecule has 0 saturated carbocycles. The Kier molecular flexibility index (Phi) is 4.15. The summed E-state index contributed by atoms with van der Waals surface area (Å²) in [5.74, 6) is 0. The average molecular weight is 250 g/mol. The maximum Gasteiger partial charge on any atom is 0.292 e. The molecule has 1 aromatic rings. The molecule has 1 atom stereocenters. The normalized spacial score (nSPS) is 19.8.